The molecular formula is C16H20N2O2S. The molecule has 0 radical (unpaired) electrons. The van der Waals surface area contributed by atoms with Crippen LogP contribution in [0.3, 0.4) is 0 Å². The molecule has 3 N–H and O–H groups in total. The Bertz CT molecular complexity index is 755. The van der Waals surface area contributed by atoms with Crippen molar-refractivity contribution in [3.05, 3.63) is 59.2 Å². The van der Waals surface area contributed by atoms with Gasteiger partial charge in [0.15, 0.2) is 0 Å². The molecule has 0 saturated carbocycles. The van der Waals surface area contributed by atoms with E-state index in [1.165, 1.54) is 6.07 Å². The summed E-state index contributed by atoms with van der Waals surface area (Å²) < 4.78 is 27.6. The van der Waals surface area contributed by atoms with E-state index in [9.17, 15) is 8.42 Å². The van der Waals surface area contributed by atoms with Crippen LogP contribution in [0.5, 0.6) is 0 Å². The Morgan fingerprint density at radius 2 is 1.71 bits per heavy atom. The first-order chi connectivity index (χ1) is 9.81. The van der Waals surface area contributed by atoms with Crippen LogP contribution in [0.2, 0.25) is 0 Å². The Balaban J connectivity index is 2.29. The fourth-order valence-electron chi connectivity index (χ4n) is 2.25. The summed E-state index contributed by atoms with van der Waals surface area (Å²) in [5, 5.41) is 0. The van der Waals surface area contributed by atoms with Crippen molar-refractivity contribution in [3.63, 3.8) is 0 Å². The number of hydrogen-bond donors (Lipinski definition) is 2. The van der Waals surface area contributed by atoms with Crippen LogP contribution in [0.1, 0.15) is 29.7 Å². The molecule has 0 bridgehead atoms. The summed E-state index contributed by atoms with van der Waals surface area (Å²) in [6.45, 7) is 5.59. The summed E-state index contributed by atoms with van der Waals surface area (Å²) in [6.07, 6.45) is 0. The van der Waals surface area contributed by atoms with E-state index >= 15 is 0 Å². The minimum Gasteiger partial charge on any atom is -0.399 e. The zero-order valence-corrected chi connectivity index (χ0v) is 13.2. The van der Waals surface area contributed by atoms with E-state index < -0.39 is 10.0 Å². The number of aryl methyl sites for hydroxylation is 2. The number of rotatable bonds is 4. The Kier molecular flexibility index (Phi) is 4.34. The fourth-order valence-corrected chi connectivity index (χ4v) is 3.56. The maximum Gasteiger partial charge on any atom is 0.241 e. The van der Waals surface area contributed by atoms with Crippen LogP contribution in [-0.4, -0.2) is 8.42 Å². The third-order valence-electron chi connectivity index (χ3n) is 3.54. The van der Waals surface area contributed by atoms with E-state index in [-0.39, 0.29) is 10.9 Å². The second-order valence-corrected chi connectivity index (χ2v) is 6.93. The van der Waals surface area contributed by atoms with Gasteiger partial charge in [-0.2, -0.15) is 0 Å². The van der Waals surface area contributed by atoms with Gasteiger partial charge in [0.1, 0.15) is 0 Å². The maximum absolute atomic E-state index is 12.4. The number of nitrogen functional groups attached to an aromatic ring is 1. The molecular weight excluding hydrogens is 284 g/mol. The van der Waals surface area contributed by atoms with E-state index in [4.69, 9.17) is 5.73 Å². The molecule has 0 heterocycles. The molecule has 4 nitrogen and oxygen atoms in total. The van der Waals surface area contributed by atoms with E-state index in [1.54, 1.807) is 19.1 Å². The van der Waals surface area contributed by atoms with Gasteiger partial charge < -0.3 is 5.73 Å². The molecule has 0 spiro atoms. The molecule has 2 aromatic carbocycles. The molecule has 0 fully saturated rings. The van der Waals surface area contributed by atoms with Gasteiger partial charge in [0.05, 0.1) is 4.90 Å². The highest BCUT2D eigenvalue weighted by atomic mass is 32.2. The molecule has 1 unspecified atom stereocenters. The summed E-state index contributed by atoms with van der Waals surface area (Å²) in [6, 6.07) is 12.2. The van der Waals surface area contributed by atoms with Crippen molar-refractivity contribution in [1.29, 1.82) is 0 Å². The summed E-state index contributed by atoms with van der Waals surface area (Å²) in [4.78, 5) is 0.231. The van der Waals surface area contributed by atoms with Gasteiger partial charge >= 0.3 is 0 Å². The Labute approximate surface area is 126 Å². The largest absolute Gasteiger partial charge is 0.399 e. The van der Waals surface area contributed by atoms with E-state index in [2.05, 4.69) is 4.72 Å². The SMILES string of the molecule is Cc1cc(S(=O)(=O)NC(C)c2ccccc2C)ccc1N. The normalized spacial score (nSPS) is 13.1. The van der Waals surface area contributed by atoms with Gasteiger partial charge in [0.25, 0.3) is 0 Å². The molecule has 5 heteroatoms. The van der Waals surface area contributed by atoms with Gasteiger partial charge in [-0.3, -0.25) is 0 Å². The first-order valence-corrected chi connectivity index (χ1v) is 8.23. The summed E-state index contributed by atoms with van der Waals surface area (Å²) in [7, 11) is -3.57. The smallest absolute Gasteiger partial charge is 0.241 e. The number of benzene rings is 2. The summed E-state index contributed by atoms with van der Waals surface area (Å²) in [5.41, 5.74) is 9.09. The predicted octanol–water partition coefficient (Wildman–Crippen LogP) is 2.93. The molecule has 2 rings (SSSR count). The first kappa shape index (κ1) is 15.5. The number of anilines is 1. The van der Waals surface area contributed by atoms with Crippen LogP contribution in [0.4, 0.5) is 5.69 Å². The van der Waals surface area contributed by atoms with Gasteiger partial charge in [-0.25, -0.2) is 13.1 Å². The van der Waals surface area contributed by atoms with Crippen LogP contribution in [0.15, 0.2) is 47.4 Å². The standard InChI is InChI=1S/C16H20N2O2S/c1-11-6-4-5-7-15(11)13(3)18-21(19,20)14-8-9-16(17)12(2)10-14/h4-10,13,18H,17H2,1-3H3. The molecule has 0 aliphatic carbocycles. The van der Waals surface area contributed by atoms with Crippen molar-refractivity contribution < 1.29 is 8.42 Å². The number of nitrogens with one attached hydrogen (secondary N) is 1. The van der Waals surface area contributed by atoms with Crippen LogP contribution < -0.4 is 10.5 Å². The lowest BCUT2D eigenvalue weighted by molar-refractivity contribution is 0.566. The molecule has 1 atom stereocenters. The summed E-state index contributed by atoms with van der Waals surface area (Å²) in [5.74, 6) is 0. The zero-order valence-electron chi connectivity index (χ0n) is 12.4. The second-order valence-electron chi connectivity index (χ2n) is 5.22. The lowest BCUT2D eigenvalue weighted by Crippen LogP contribution is -2.27. The minimum absolute atomic E-state index is 0.231. The van der Waals surface area contributed by atoms with Gasteiger partial charge in [0.2, 0.25) is 10.0 Å². The Hall–Kier alpha value is -1.85. The second kappa shape index (κ2) is 5.87. The molecule has 0 saturated heterocycles. The van der Waals surface area contributed by atoms with Crippen molar-refractivity contribution in [1.82, 2.24) is 4.72 Å². The number of hydrogen-bond acceptors (Lipinski definition) is 3. The van der Waals surface area contributed by atoms with Crippen molar-refractivity contribution in [2.24, 2.45) is 0 Å². The van der Waals surface area contributed by atoms with Crippen molar-refractivity contribution in [2.45, 2.75) is 31.7 Å². The quantitative estimate of drug-likeness (QED) is 0.853. The van der Waals surface area contributed by atoms with Gasteiger partial charge in [-0.15, -0.1) is 0 Å². The highest BCUT2D eigenvalue weighted by molar-refractivity contribution is 7.89. The van der Waals surface area contributed by atoms with Crippen molar-refractivity contribution in [3.8, 4) is 0 Å². The molecule has 0 amide bonds. The van der Waals surface area contributed by atoms with Gasteiger partial charge in [0, 0.05) is 11.7 Å². The molecule has 2 aromatic rings. The Morgan fingerprint density at radius 1 is 1.05 bits per heavy atom. The van der Waals surface area contributed by atoms with Crippen molar-refractivity contribution in [2.75, 3.05) is 5.73 Å². The van der Waals surface area contributed by atoms with Crippen LogP contribution in [0.25, 0.3) is 0 Å². The fraction of sp³-hybridized carbons (Fsp3) is 0.250. The molecule has 0 aliphatic heterocycles. The van der Waals surface area contributed by atoms with E-state index in [0.29, 0.717) is 5.69 Å². The molecule has 0 aromatic heterocycles. The van der Waals surface area contributed by atoms with E-state index in [1.807, 2.05) is 38.1 Å². The average molecular weight is 304 g/mol. The summed E-state index contributed by atoms with van der Waals surface area (Å²) >= 11 is 0. The van der Waals surface area contributed by atoms with Crippen LogP contribution in [-0.2, 0) is 10.0 Å². The maximum atomic E-state index is 12.4. The number of sulfonamides is 1. The lowest BCUT2D eigenvalue weighted by atomic mass is 10.0. The van der Waals surface area contributed by atoms with Gasteiger partial charge in [-0.05, 0) is 55.7 Å². The molecule has 0 aliphatic rings. The topological polar surface area (TPSA) is 72.2 Å². The first-order valence-electron chi connectivity index (χ1n) is 6.75. The average Bonchev–Trinajstić information content (AvgIpc) is 2.41. The highest BCUT2D eigenvalue weighted by Crippen LogP contribution is 2.21. The highest BCUT2D eigenvalue weighted by Gasteiger charge is 2.19. The third kappa shape index (κ3) is 3.43. The minimum atomic E-state index is -3.57. The monoisotopic (exact) mass is 304 g/mol. The van der Waals surface area contributed by atoms with Crippen LogP contribution >= 0.6 is 0 Å². The molecule has 112 valence electrons. The molecule has 21 heavy (non-hydrogen) atoms. The van der Waals surface area contributed by atoms with E-state index in [0.717, 1.165) is 16.7 Å². The van der Waals surface area contributed by atoms with Crippen LogP contribution in [0, 0.1) is 13.8 Å². The third-order valence-corrected chi connectivity index (χ3v) is 5.08. The lowest BCUT2D eigenvalue weighted by Gasteiger charge is -2.17. The Morgan fingerprint density at radius 3 is 2.33 bits per heavy atom. The van der Waals surface area contributed by atoms with Gasteiger partial charge in [-0.1, -0.05) is 24.3 Å². The zero-order chi connectivity index (χ0) is 15.6. The number of nitrogens with two attached hydrogens (primary N) is 1. The van der Waals surface area contributed by atoms with Crippen molar-refractivity contribution >= 4 is 15.7 Å². The predicted molar refractivity (Wildman–Crippen MR) is 85.5 cm³/mol.